The highest BCUT2D eigenvalue weighted by molar-refractivity contribution is 7.80. The normalized spacial score (nSPS) is 16.4. The van der Waals surface area contributed by atoms with E-state index in [0.29, 0.717) is 13.0 Å². The second-order valence-electron chi connectivity index (χ2n) is 4.82. The van der Waals surface area contributed by atoms with Gasteiger partial charge in [-0.1, -0.05) is 6.92 Å². The summed E-state index contributed by atoms with van der Waals surface area (Å²) in [4.78, 5) is 25.1. The van der Waals surface area contributed by atoms with Crippen LogP contribution < -0.4 is 5.32 Å². The maximum atomic E-state index is 12.1. The first-order valence-electron chi connectivity index (χ1n) is 6.16. The molecule has 1 saturated carbocycles. The lowest BCUT2D eigenvalue weighted by molar-refractivity contribution is -0.136. The zero-order valence-electron chi connectivity index (χ0n) is 10.7. The summed E-state index contributed by atoms with van der Waals surface area (Å²) in [5, 5.41) is 2.55. The van der Waals surface area contributed by atoms with Gasteiger partial charge in [0.1, 0.15) is 0 Å². The smallest absolute Gasteiger partial charge is 0.239 e. The predicted molar refractivity (Wildman–Crippen MR) is 71.1 cm³/mol. The minimum Gasteiger partial charge on any atom is -0.358 e. The number of amides is 2. The molecule has 2 amide bonds. The second kappa shape index (κ2) is 6.28. The maximum absolute atomic E-state index is 12.1. The molecule has 98 valence electrons. The van der Waals surface area contributed by atoms with Gasteiger partial charge in [-0.05, 0) is 30.4 Å². The lowest BCUT2D eigenvalue weighted by Gasteiger charge is -2.23. The van der Waals surface area contributed by atoms with Gasteiger partial charge in [0.2, 0.25) is 11.8 Å². The summed E-state index contributed by atoms with van der Waals surface area (Å²) in [5.41, 5.74) is 0.120. The average Bonchev–Trinajstić information content (AvgIpc) is 3.08. The van der Waals surface area contributed by atoms with Crippen molar-refractivity contribution in [2.45, 2.75) is 32.6 Å². The molecule has 1 N–H and O–H groups in total. The Morgan fingerprint density at radius 1 is 1.41 bits per heavy atom. The highest BCUT2D eigenvalue weighted by atomic mass is 32.1. The van der Waals surface area contributed by atoms with E-state index in [4.69, 9.17) is 0 Å². The number of carbonyl (C=O) groups excluding carboxylic acids is 2. The summed E-state index contributed by atoms with van der Waals surface area (Å²) in [6.07, 6.45) is 3.58. The van der Waals surface area contributed by atoms with E-state index in [9.17, 15) is 9.59 Å². The summed E-state index contributed by atoms with van der Waals surface area (Å²) in [7, 11) is 1.59. The standard InChI is InChI=1S/C12H22N2O2S/c1-3-6-14(8-10(15)13-2)11(16)7-12(9-17)4-5-12/h17H,3-9H2,1-2H3,(H,13,15). The molecule has 1 aliphatic rings. The third-order valence-corrected chi connectivity index (χ3v) is 3.95. The van der Waals surface area contributed by atoms with Crippen LogP contribution in [0.3, 0.4) is 0 Å². The molecule has 1 fully saturated rings. The van der Waals surface area contributed by atoms with Crippen molar-refractivity contribution in [1.82, 2.24) is 10.2 Å². The summed E-state index contributed by atoms with van der Waals surface area (Å²) in [6.45, 7) is 2.83. The Kier molecular flexibility index (Phi) is 5.31. The molecule has 0 radical (unpaired) electrons. The molecule has 0 saturated heterocycles. The van der Waals surface area contributed by atoms with Gasteiger partial charge in [0.05, 0.1) is 6.54 Å². The van der Waals surface area contributed by atoms with Crippen LogP contribution in [0.4, 0.5) is 0 Å². The van der Waals surface area contributed by atoms with Crippen LogP contribution in [-0.4, -0.2) is 42.6 Å². The van der Waals surface area contributed by atoms with Gasteiger partial charge in [-0.3, -0.25) is 9.59 Å². The Morgan fingerprint density at radius 3 is 2.47 bits per heavy atom. The first kappa shape index (κ1) is 14.4. The first-order valence-corrected chi connectivity index (χ1v) is 6.79. The van der Waals surface area contributed by atoms with Crippen molar-refractivity contribution in [3.63, 3.8) is 0 Å². The van der Waals surface area contributed by atoms with Gasteiger partial charge in [-0.15, -0.1) is 0 Å². The summed E-state index contributed by atoms with van der Waals surface area (Å²) >= 11 is 4.30. The molecule has 0 aromatic rings. The summed E-state index contributed by atoms with van der Waals surface area (Å²) in [5.74, 6) is 0.739. The van der Waals surface area contributed by atoms with Gasteiger partial charge in [-0.2, -0.15) is 12.6 Å². The average molecular weight is 258 g/mol. The molecule has 0 aromatic carbocycles. The number of rotatable bonds is 7. The Bertz CT molecular complexity index is 290. The van der Waals surface area contributed by atoms with Crippen LogP contribution in [0.5, 0.6) is 0 Å². The number of hydrogen-bond acceptors (Lipinski definition) is 3. The predicted octanol–water partition coefficient (Wildman–Crippen LogP) is 1.07. The van der Waals surface area contributed by atoms with E-state index < -0.39 is 0 Å². The van der Waals surface area contributed by atoms with Gasteiger partial charge < -0.3 is 10.2 Å². The van der Waals surface area contributed by atoms with Gasteiger partial charge in [-0.25, -0.2) is 0 Å². The van der Waals surface area contributed by atoms with E-state index in [1.807, 2.05) is 6.92 Å². The molecule has 0 aliphatic heterocycles. The van der Waals surface area contributed by atoms with E-state index in [2.05, 4.69) is 17.9 Å². The molecule has 17 heavy (non-hydrogen) atoms. The van der Waals surface area contributed by atoms with Gasteiger partial charge in [0, 0.05) is 20.0 Å². The molecule has 1 aliphatic carbocycles. The quantitative estimate of drug-likeness (QED) is 0.671. The Hall–Kier alpha value is -0.710. The molecular weight excluding hydrogens is 236 g/mol. The van der Waals surface area contributed by atoms with Crippen molar-refractivity contribution < 1.29 is 9.59 Å². The van der Waals surface area contributed by atoms with Crippen molar-refractivity contribution in [2.75, 3.05) is 25.9 Å². The molecule has 0 bridgehead atoms. The molecular formula is C12H22N2O2S. The molecule has 1 rings (SSSR count). The number of likely N-dealkylation sites (N-methyl/N-ethyl adjacent to an activating group) is 1. The summed E-state index contributed by atoms with van der Waals surface area (Å²) in [6, 6.07) is 0. The molecule has 0 unspecified atom stereocenters. The van der Waals surface area contributed by atoms with E-state index in [-0.39, 0.29) is 23.8 Å². The summed E-state index contributed by atoms with van der Waals surface area (Å²) < 4.78 is 0. The van der Waals surface area contributed by atoms with Crippen molar-refractivity contribution in [3.8, 4) is 0 Å². The molecule has 0 atom stereocenters. The zero-order chi connectivity index (χ0) is 12.9. The van der Waals surface area contributed by atoms with Gasteiger partial charge >= 0.3 is 0 Å². The molecule has 5 heteroatoms. The van der Waals surface area contributed by atoms with Crippen molar-refractivity contribution >= 4 is 24.4 Å². The van der Waals surface area contributed by atoms with E-state index in [0.717, 1.165) is 25.0 Å². The van der Waals surface area contributed by atoms with Crippen LogP contribution in [0.1, 0.15) is 32.6 Å². The lowest BCUT2D eigenvalue weighted by atomic mass is 10.0. The number of carbonyl (C=O) groups is 2. The van der Waals surface area contributed by atoms with Crippen LogP contribution >= 0.6 is 12.6 Å². The van der Waals surface area contributed by atoms with Crippen LogP contribution in [0.15, 0.2) is 0 Å². The Morgan fingerprint density at radius 2 is 2.06 bits per heavy atom. The third kappa shape index (κ3) is 4.22. The highest BCUT2D eigenvalue weighted by Crippen LogP contribution is 2.49. The number of thiol groups is 1. The van der Waals surface area contributed by atoms with Crippen molar-refractivity contribution in [3.05, 3.63) is 0 Å². The SMILES string of the molecule is CCCN(CC(=O)NC)C(=O)CC1(CS)CC1. The Balaban J connectivity index is 2.51. The second-order valence-corrected chi connectivity index (χ2v) is 5.14. The molecule has 0 heterocycles. The fraction of sp³-hybridized carbons (Fsp3) is 0.833. The fourth-order valence-corrected chi connectivity index (χ4v) is 2.24. The largest absolute Gasteiger partial charge is 0.358 e. The number of hydrogen-bond donors (Lipinski definition) is 2. The van der Waals surface area contributed by atoms with Gasteiger partial charge in [0.25, 0.3) is 0 Å². The zero-order valence-corrected chi connectivity index (χ0v) is 11.6. The molecule has 0 aromatic heterocycles. The number of nitrogens with zero attached hydrogens (tertiary/aromatic N) is 1. The monoisotopic (exact) mass is 258 g/mol. The van der Waals surface area contributed by atoms with Crippen LogP contribution in [0.25, 0.3) is 0 Å². The first-order chi connectivity index (χ1) is 8.06. The van der Waals surface area contributed by atoms with Crippen molar-refractivity contribution in [1.29, 1.82) is 0 Å². The molecule has 4 nitrogen and oxygen atoms in total. The number of nitrogens with one attached hydrogen (secondary N) is 1. The minimum absolute atomic E-state index is 0.0852. The van der Waals surface area contributed by atoms with Crippen LogP contribution in [0.2, 0.25) is 0 Å². The van der Waals surface area contributed by atoms with Crippen molar-refractivity contribution in [2.24, 2.45) is 5.41 Å². The third-order valence-electron chi connectivity index (χ3n) is 3.28. The fourth-order valence-electron chi connectivity index (χ4n) is 1.81. The minimum atomic E-state index is -0.109. The van der Waals surface area contributed by atoms with Gasteiger partial charge in [0.15, 0.2) is 0 Å². The maximum Gasteiger partial charge on any atom is 0.239 e. The highest BCUT2D eigenvalue weighted by Gasteiger charge is 2.43. The van der Waals surface area contributed by atoms with E-state index in [1.165, 1.54) is 0 Å². The molecule has 0 spiro atoms. The van der Waals surface area contributed by atoms with Crippen LogP contribution in [0, 0.1) is 5.41 Å². The van der Waals surface area contributed by atoms with E-state index in [1.54, 1.807) is 11.9 Å². The van der Waals surface area contributed by atoms with Crippen LogP contribution in [-0.2, 0) is 9.59 Å². The Labute approximate surface area is 109 Å². The van der Waals surface area contributed by atoms with E-state index >= 15 is 0 Å². The topological polar surface area (TPSA) is 49.4 Å². The lowest BCUT2D eigenvalue weighted by Crippen LogP contribution is -2.41.